The highest BCUT2D eigenvalue weighted by atomic mass is 13.7. The van der Waals surface area contributed by atoms with Gasteiger partial charge in [-0.1, -0.05) is 44.6 Å². The van der Waals surface area contributed by atoms with Crippen LogP contribution in [0.3, 0.4) is 0 Å². The molecule has 0 atom stereocenters. The molecule has 0 saturated heterocycles. The van der Waals surface area contributed by atoms with E-state index in [0.717, 1.165) is 0 Å². The van der Waals surface area contributed by atoms with Gasteiger partial charge in [0.2, 0.25) is 0 Å². The maximum Gasteiger partial charge on any atom is -0.0442 e. The molecule has 0 saturated carbocycles. The summed E-state index contributed by atoms with van der Waals surface area (Å²) in [6.07, 6.45) is 4.17. The van der Waals surface area contributed by atoms with Gasteiger partial charge in [0.25, 0.3) is 0 Å². The molecule has 0 aromatic heterocycles. The Labute approximate surface area is 86.8 Å². The Morgan fingerprint density at radius 1 is 0.692 bits per heavy atom. The summed E-state index contributed by atoms with van der Waals surface area (Å²) in [7, 11) is 0. The molecule has 0 heteroatoms. The van der Waals surface area contributed by atoms with Crippen molar-refractivity contribution in [3.63, 3.8) is 0 Å². The highest BCUT2D eigenvalue weighted by molar-refractivity contribution is 4.89. The summed E-state index contributed by atoms with van der Waals surface area (Å²) in [5, 5.41) is 0. The Balaban J connectivity index is -0.0000000491. The van der Waals surface area contributed by atoms with E-state index in [0.29, 0.717) is 0 Å². The Morgan fingerprint density at radius 3 is 0.769 bits per heavy atom. The van der Waals surface area contributed by atoms with Crippen LogP contribution in [0.1, 0.15) is 62.8 Å². The summed E-state index contributed by atoms with van der Waals surface area (Å²) in [4.78, 5) is 0. The molecule has 0 amide bonds. The molecular formula is C13H30. The van der Waals surface area contributed by atoms with E-state index in [1.54, 1.807) is 0 Å². The molecule has 0 radical (unpaired) electrons. The summed E-state index contributed by atoms with van der Waals surface area (Å²) in [5.74, 6) is 0. The molecule has 0 aromatic carbocycles. The van der Waals surface area contributed by atoms with Crippen LogP contribution in [-0.2, 0) is 0 Å². The molecule has 0 fully saturated rings. The predicted molar refractivity (Wildman–Crippen MR) is 68.3 cm³/mol. The Hall–Kier alpha value is -0.520. The van der Waals surface area contributed by atoms with Crippen molar-refractivity contribution >= 4 is 0 Å². The van der Waals surface area contributed by atoms with Gasteiger partial charge in [-0.2, -0.15) is 0 Å². The maximum atomic E-state index is 2.08. The van der Waals surface area contributed by atoms with Gasteiger partial charge in [0.1, 0.15) is 0 Å². The third kappa shape index (κ3) is 85.2. The van der Waals surface area contributed by atoms with Crippen LogP contribution < -0.4 is 0 Å². The van der Waals surface area contributed by atoms with E-state index in [-0.39, 0.29) is 7.43 Å². The third-order valence-corrected chi connectivity index (χ3v) is 1.15. The molecular weight excluding hydrogens is 156 g/mol. The number of allylic oxidation sites excluding steroid dienone is 4. The second-order valence-electron chi connectivity index (χ2n) is 2.73. The average Bonchev–Trinajstić information content (AvgIpc) is 2.09. The van der Waals surface area contributed by atoms with Crippen LogP contribution in [0.15, 0.2) is 23.3 Å². The summed E-state index contributed by atoms with van der Waals surface area (Å²) < 4.78 is 0. The molecule has 0 unspecified atom stereocenters. The Bertz CT molecular complexity index is 92.0. The monoisotopic (exact) mass is 186 g/mol. The van der Waals surface area contributed by atoms with E-state index in [1.807, 2.05) is 27.7 Å². The molecule has 0 aliphatic carbocycles. The van der Waals surface area contributed by atoms with Gasteiger partial charge in [0, 0.05) is 0 Å². The summed E-state index contributed by atoms with van der Waals surface area (Å²) >= 11 is 0. The van der Waals surface area contributed by atoms with Crippen LogP contribution in [0.5, 0.6) is 0 Å². The van der Waals surface area contributed by atoms with E-state index < -0.39 is 0 Å². The summed E-state index contributed by atoms with van der Waals surface area (Å²) in [5.41, 5.74) is 2.76. The molecule has 0 aliphatic heterocycles. The zero-order valence-electron chi connectivity index (χ0n) is 10.2. The standard InChI is InChI=1S/2C5H10.C2H6.CH4/c2*1-4-5(2)3;1-2;/h2*4H,1-3H3;1-2H3;1H4. The lowest BCUT2D eigenvalue weighted by Gasteiger charge is -1.74. The lowest BCUT2D eigenvalue weighted by molar-refractivity contribution is 1.36. The molecule has 82 valence electrons. The van der Waals surface area contributed by atoms with E-state index in [1.165, 1.54) is 11.1 Å². The van der Waals surface area contributed by atoms with Gasteiger partial charge in [0.05, 0.1) is 0 Å². The van der Waals surface area contributed by atoms with Crippen molar-refractivity contribution in [3.05, 3.63) is 23.3 Å². The second-order valence-corrected chi connectivity index (χ2v) is 2.73. The fraction of sp³-hybridized carbons (Fsp3) is 0.692. The fourth-order valence-electron chi connectivity index (χ4n) is 0. The van der Waals surface area contributed by atoms with Crippen molar-refractivity contribution in [2.24, 2.45) is 0 Å². The largest absolute Gasteiger partial charge is 0.0890 e. The highest BCUT2D eigenvalue weighted by Crippen LogP contribution is 1.82. The van der Waals surface area contributed by atoms with Crippen LogP contribution >= 0.6 is 0 Å². The van der Waals surface area contributed by atoms with Gasteiger partial charge in [-0.05, 0) is 41.5 Å². The smallest absolute Gasteiger partial charge is 0.0442 e. The minimum absolute atomic E-state index is 0. The van der Waals surface area contributed by atoms with E-state index in [4.69, 9.17) is 0 Å². The molecule has 0 heterocycles. The lowest BCUT2D eigenvalue weighted by atomic mass is 10.3. The fourth-order valence-corrected chi connectivity index (χ4v) is 0. The molecule has 0 bridgehead atoms. The zero-order valence-corrected chi connectivity index (χ0v) is 10.2. The molecule has 0 spiro atoms. The molecule has 13 heavy (non-hydrogen) atoms. The van der Waals surface area contributed by atoms with E-state index in [2.05, 4.69) is 39.8 Å². The Morgan fingerprint density at radius 2 is 0.769 bits per heavy atom. The molecule has 0 rings (SSSR count). The van der Waals surface area contributed by atoms with Gasteiger partial charge in [0.15, 0.2) is 0 Å². The first-order valence-corrected chi connectivity index (χ1v) is 4.73. The zero-order chi connectivity index (χ0) is 10.6. The first kappa shape index (κ1) is 22.9. The third-order valence-electron chi connectivity index (χ3n) is 1.15. The molecule has 0 nitrogen and oxygen atoms in total. The van der Waals surface area contributed by atoms with Crippen molar-refractivity contribution in [2.75, 3.05) is 0 Å². The average molecular weight is 186 g/mol. The highest BCUT2D eigenvalue weighted by Gasteiger charge is 1.61. The van der Waals surface area contributed by atoms with Crippen molar-refractivity contribution in [1.82, 2.24) is 0 Å². The van der Waals surface area contributed by atoms with Crippen LogP contribution in [0, 0.1) is 0 Å². The topological polar surface area (TPSA) is 0 Å². The van der Waals surface area contributed by atoms with Gasteiger partial charge in [-0.15, -0.1) is 0 Å². The second kappa shape index (κ2) is 22.5. The number of hydrogen-bond acceptors (Lipinski definition) is 0. The molecule has 0 aromatic rings. The van der Waals surface area contributed by atoms with Gasteiger partial charge in [-0.3, -0.25) is 0 Å². The normalized spacial score (nSPS) is 5.85. The van der Waals surface area contributed by atoms with Gasteiger partial charge >= 0.3 is 0 Å². The summed E-state index contributed by atoms with van der Waals surface area (Å²) in [6, 6.07) is 0. The maximum absolute atomic E-state index is 2.08. The van der Waals surface area contributed by atoms with Gasteiger partial charge in [-0.25, -0.2) is 0 Å². The minimum Gasteiger partial charge on any atom is -0.0890 e. The Kier molecular flexibility index (Phi) is 39.6. The van der Waals surface area contributed by atoms with Crippen molar-refractivity contribution in [2.45, 2.75) is 62.8 Å². The number of rotatable bonds is 0. The van der Waals surface area contributed by atoms with Crippen LogP contribution in [0.2, 0.25) is 0 Å². The van der Waals surface area contributed by atoms with Crippen molar-refractivity contribution in [1.29, 1.82) is 0 Å². The molecule has 0 N–H and O–H groups in total. The van der Waals surface area contributed by atoms with Crippen LogP contribution in [0.4, 0.5) is 0 Å². The van der Waals surface area contributed by atoms with Gasteiger partial charge < -0.3 is 0 Å². The first-order valence-electron chi connectivity index (χ1n) is 4.73. The van der Waals surface area contributed by atoms with Crippen LogP contribution in [-0.4, -0.2) is 0 Å². The molecule has 0 aliphatic rings. The number of hydrogen-bond donors (Lipinski definition) is 0. The van der Waals surface area contributed by atoms with Crippen molar-refractivity contribution < 1.29 is 0 Å². The van der Waals surface area contributed by atoms with E-state index in [9.17, 15) is 0 Å². The van der Waals surface area contributed by atoms with Crippen LogP contribution in [0.25, 0.3) is 0 Å². The SMILES string of the molecule is C.CC.CC=C(C)C.CC=C(C)C. The lowest BCUT2D eigenvalue weighted by Crippen LogP contribution is -1.52. The van der Waals surface area contributed by atoms with Crippen molar-refractivity contribution in [3.8, 4) is 0 Å². The van der Waals surface area contributed by atoms with E-state index >= 15 is 0 Å². The first-order chi connectivity index (χ1) is 5.54. The summed E-state index contributed by atoms with van der Waals surface area (Å²) in [6.45, 7) is 16.4. The quantitative estimate of drug-likeness (QED) is 0.431. The minimum atomic E-state index is 0. The predicted octanol–water partition coefficient (Wildman–Crippen LogP) is 5.61.